The van der Waals surface area contributed by atoms with Crippen molar-refractivity contribution in [3.05, 3.63) is 96.1 Å². The summed E-state index contributed by atoms with van der Waals surface area (Å²) in [5, 5.41) is 0. The first-order valence-corrected chi connectivity index (χ1v) is 7.06. The molecule has 0 amide bonds. The van der Waals surface area contributed by atoms with Gasteiger partial charge in [-0.05, 0) is 16.7 Å². The molecule has 0 saturated carbocycles. The van der Waals surface area contributed by atoms with Crippen LogP contribution in [0.5, 0.6) is 0 Å². The molecule has 0 spiro atoms. The van der Waals surface area contributed by atoms with Gasteiger partial charge < -0.3 is 0 Å². The molecule has 3 rings (SSSR count). The smallest absolute Gasteiger partial charge is 0.167 e. The van der Waals surface area contributed by atoms with Crippen molar-refractivity contribution >= 4 is 19.3 Å². The normalized spacial score (nSPS) is 9.82. The predicted octanol–water partition coefficient (Wildman–Crippen LogP) is 4.89. The van der Waals surface area contributed by atoms with E-state index in [-0.39, 0.29) is 19.3 Å². The fourth-order valence-electron chi connectivity index (χ4n) is 2.47. The lowest BCUT2D eigenvalue weighted by Gasteiger charge is -2.09. The van der Waals surface area contributed by atoms with Crippen LogP contribution in [0.4, 0.5) is 0 Å². The number of ketones is 1. The van der Waals surface area contributed by atoms with Crippen LogP contribution in [0.25, 0.3) is 11.1 Å². The highest BCUT2D eigenvalue weighted by Crippen LogP contribution is 2.24. The zero-order valence-corrected chi connectivity index (χ0v) is 13.2. The Bertz CT molecular complexity index is 736. The first kappa shape index (κ1) is 16.1. The molecule has 0 atom stereocenters. The molecule has 3 aromatic rings. The van der Waals surface area contributed by atoms with Crippen LogP contribution in [0.15, 0.2) is 84.9 Å². The molecule has 110 valence electrons. The number of rotatable bonds is 4. The largest absolute Gasteiger partial charge is 0.294 e. The van der Waals surface area contributed by atoms with E-state index in [9.17, 15) is 4.79 Å². The van der Waals surface area contributed by atoms with E-state index in [0.29, 0.717) is 6.42 Å². The number of hydrogen-bond acceptors (Lipinski definition) is 1. The molecule has 0 aliphatic rings. The van der Waals surface area contributed by atoms with Crippen LogP contribution < -0.4 is 0 Å². The van der Waals surface area contributed by atoms with Crippen LogP contribution in [0.1, 0.15) is 15.9 Å². The van der Waals surface area contributed by atoms with Crippen LogP contribution in [0.3, 0.4) is 0 Å². The van der Waals surface area contributed by atoms with Crippen molar-refractivity contribution in [2.24, 2.45) is 0 Å². The van der Waals surface area contributed by atoms with Crippen LogP contribution in [0.2, 0.25) is 0 Å². The third-order valence-corrected chi connectivity index (χ3v) is 3.55. The maximum Gasteiger partial charge on any atom is 0.167 e. The molecule has 0 heterocycles. The Morgan fingerprint density at radius 1 is 0.682 bits per heavy atom. The standard InChI is InChI=1S/C20H16O.H2S/c21-20(17-11-5-2-6-12-17)15-18-13-7-8-14-19(18)16-9-3-1-4-10-16;/h1-14H,15H2;1H2. The van der Waals surface area contributed by atoms with Gasteiger partial charge in [-0.2, -0.15) is 13.5 Å². The van der Waals surface area contributed by atoms with Crippen LogP contribution >= 0.6 is 13.5 Å². The van der Waals surface area contributed by atoms with Gasteiger partial charge in [-0.15, -0.1) is 0 Å². The molecular weight excluding hydrogens is 288 g/mol. The zero-order valence-electron chi connectivity index (χ0n) is 12.2. The van der Waals surface area contributed by atoms with Crippen molar-refractivity contribution < 1.29 is 4.79 Å². The topological polar surface area (TPSA) is 17.1 Å². The van der Waals surface area contributed by atoms with Gasteiger partial charge in [0.1, 0.15) is 0 Å². The highest BCUT2D eigenvalue weighted by molar-refractivity contribution is 7.59. The molecule has 0 saturated heterocycles. The lowest BCUT2D eigenvalue weighted by Crippen LogP contribution is -2.04. The van der Waals surface area contributed by atoms with E-state index in [1.165, 1.54) is 0 Å². The lowest BCUT2D eigenvalue weighted by molar-refractivity contribution is 0.0993. The van der Waals surface area contributed by atoms with Gasteiger partial charge in [-0.1, -0.05) is 84.9 Å². The molecule has 0 aliphatic carbocycles. The number of carbonyl (C=O) groups is 1. The molecule has 22 heavy (non-hydrogen) atoms. The van der Waals surface area contributed by atoms with Gasteiger partial charge in [0, 0.05) is 12.0 Å². The molecule has 3 aromatic carbocycles. The van der Waals surface area contributed by atoms with Crippen molar-refractivity contribution in [2.45, 2.75) is 6.42 Å². The SMILES string of the molecule is O=C(Cc1ccccc1-c1ccccc1)c1ccccc1.S. The second-order valence-electron chi connectivity index (χ2n) is 4.99. The third-order valence-electron chi connectivity index (χ3n) is 3.55. The molecule has 0 fully saturated rings. The lowest BCUT2D eigenvalue weighted by atomic mass is 9.94. The molecule has 0 N–H and O–H groups in total. The van der Waals surface area contributed by atoms with Crippen molar-refractivity contribution in [2.75, 3.05) is 0 Å². The quantitative estimate of drug-likeness (QED) is 0.627. The molecule has 0 radical (unpaired) electrons. The Morgan fingerprint density at radius 3 is 1.91 bits per heavy atom. The number of carbonyl (C=O) groups excluding carboxylic acids is 1. The van der Waals surface area contributed by atoms with Crippen molar-refractivity contribution in [1.82, 2.24) is 0 Å². The minimum absolute atomic E-state index is 0. The van der Waals surface area contributed by atoms with Crippen LogP contribution in [0, 0.1) is 0 Å². The summed E-state index contributed by atoms with van der Waals surface area (Å²) in [6.07, 6.45) is 0.426. The maximum absolute atomic E-state index is 12.4. The summed E-state index contributed by atoms with van der Waals surface area (Å²) in [7, 11) is 0. The second-order valence-corrected chi connectivity index (χ2v) is 4.99. The Labute approximate surface area is 138 Å². The minimum atomic E-state index is 0. The van der Waals surface area contributed by atoms with Gasteiger partial charge in [-0.3, -0.25) is 4.79 Å². The highest BCUT2D eigenvalue weighted by Gasteiger charge is 2.10. The van der Waals surface area contributed by atoms with E-state index in [4.69, 9.17) is 0 Å². The van der Waals surface area contributed by atoms with Crippen LogP contribution in [-0.4, -0.2) is 5.78 Å². The van der Waals surface area contributed by atoms with E-state index >= 15 is 0 Å². The van der Waals surface area contributed by atoms with Crippen molar-refractivity contribution in [3.8, 4) is 11.1 Å². The van der Waals surface area contributed by atoms with E-state index in [1.54, 1.807) is 0 Å². The first-order valence-electron chi connectivity index (χ1n) is 7.06. The summed E-state index contributed by atoms with van der Waals surface area (Å²) in [5.74, 6) is 0.152. The molecule has 0 bridgehead atoms. The summed E-state index contributed by atoms with van der Waals surface area (Å²) in [6.45, 7) is 0. The first-order chi connectivity index (χ1) is 10.3. The Morgan fingerprint density at radius 2 is 1.23 bits per heavy atom. The predicted molar refractivity (Wildman–Crippen MR) is 96.7 cm³/mol. The molecular formula is C20H18OS. The van der Waals surface area contributed by atoms with Gasteiger partial charge in [0.25, 0.3) is 0 Å². The monoisotopic (exact) mass is 306 g/mol. The summed E-state index contributed by atoms with van der Waals surface area (Å²) < 4.78 is 0. The fourth-order valence-corrected chi connectivity index (χ4v) is 2.47. The Balaban J connectivity index is 0.00000176. The molecule has 0 aliphatic heterocycles. The zero-order chi connectivity index (χ0) is 14.5. The van der Waals surface area contributed by atoms with Gasteiger partial charge in [0.05, 0.1) is 0 Å². The molecule has 1 nitrogen and oxygen atoms in total. The number of benzene rings is 3. The Hall–Kier alpha value is -2.32. The average Bonchev–Trinajstić information content (AvgIpc) is 2.57. The van der Waals surface area contributed by atoms with Gasteiger partial charge in [0.15, 0.2) is 5.78 Å². The summed E-state index contributed by atoms with van der Waals surface area (Å²) in [6, 6.07) is 27.8. The minimum Gasteiger partial charge on any atom is -0.294 e. The summed E-state index contributed by atoms with van der Waals surface area (Å²) in [4.78, 5) is 12.4. The van der Waals surface area contributed by atoms with E-state index in [1.807, 2.05) is 66.7 Å². The molecule has 0 unspecified atom stereocenters. The average molecular weight is 306 g/mol. The van der Waals surface area contributed by atoms with Crippen molar-refractivity contribution in [3.63, 3.8) is 0 Å². The molecule has 0 aromatic heterocycles. The fraction of sp³-hybridized carbons (Fsp3) is 0.0500. The van der Waals surface area contributed by atoms with E-state index in [0.717, 1.165) is 22.3 Å². The number of hydrogen-bond donors (Lipinski definition) is 0. The van der Waals surface area contributed by atoms with E-state index < -0.39 is 0 Å². The number of Topliss-reactive ketones (excluding diaryl/α,β-unsaturated/α-hetero) is 1. The highest BCUT2D eigenvalue weighted by atomic mass is 32.1. The molecule has 2 heteroatoms. The van der Waals surface area contributed by atoms with Gasteiger partial charge in [0.2, 0.25) is 0 Å². The maximum atomic E-state index is 12.4. The summed E-state index contributed by atoms with van der Waals surface area (Å²) in [5.41, 5.74) is 4.11. The van der Waals surface area contributed by atoms with E-state index in [2.05, 4.69) is 18.2 Å². The Kier molecular flexibility index (Phi) is 5.56. The summed E-state index contributed by atoms with van der Waals surface area (Å²) >= 11 is 0. The third kappa shape index (κ3) is 3.66. The van der Waals surface area contributed by atoms with Gasteiger partial charge in [-0.25, -0.2) is 0 Å². The van der Waals surface area contributed by atoms with Crippen LogP contribution in [-0.2, 0) is 6.42 Å². The second kappa shape index (κ2) is 7.62. The van der Waals surface area contributed by atoms with Crippen molar-refractivity contribution in [1.29, 1.82) is 0 Å². The van der Waals surface area contributed by atoms with Gasteiger partial charge >= 0.3 is 0 Å².